The smallest absolute Gasteiger partial charge is 0.323 e. The van der Waals surface area contributed by atoms with Crippen molar-refractivity contribution in [2.75, 3.05) is 19.5 Å². The highest BCUT2D eigenvalue weighted by atomic mass is 31.2. The molecule has 2 unspecified atom stereocenters. The van der Waals surface area contributed by atoms with Gasteiger partial charge in [-0.15, -0.1) is 0 Å². The number of hydrogen-bond acceptors (Lipinski definition) is 9. The lowest BCUT2D eigenvalue weighted by Gasteiger charge is -2.44. The van der Waals surface area contributed by atoms with Crippen molar-refractivity contribution in [1.82, 2.24) is 19.7 Å². The van der Waals surface area contributed by atoms with Crippen LogP contribution in [-0.2, 0) is 30.6 Å². The summed E-state index contributed by atoms with van der Waals surface area (Å²) in [6, 6.07) is 11.3. The molecule has 3 aromatic rings. The first kappa shape index (κ1) is 31.6. The van der Waals surface area contributed by atoms with Crippen molar-refractivity contribution in [3.8, 4) is 5.75 Å². The fourth-order valence-corrected chi connectivity index (χ4v) is 7.34. The summed E-state index contributed by atoms with van der Waals surface area (Å²) in [5.74, 6) is 0.839. The lowest BCUT2D eigenvalue weighted by molar-refractivity contribution is -0.162. The summed E-state index contributed by atoms with van der Waals surface area (Å²) in [7, 11) is -0.00405. The maximum atomic E-state index is 13.0. The van der Waals surface area contributed by atoms with E-state index in [1.807, 2.05) is 24.3 Å². The number of fused-ring (bicyclic) bond motifs is 1. The number of methoxy groups -OCH3 is 1. The third-order valence-corrected chi connectivity index (χ3v) is 10.2. The van der Waals surface area contributed by atoms with Gasteiger partial charge >= 0.3 is 14.5 Å². The van der Waals surface area contributed by atoms with E-state index in [0.29, 0.717) is 29.8 Å². The van der Waals surface area contributed by atoms with Gasteiger partial charge in [-0.2, -0.15) is 5.10 Å². The highest BCUT2D eigenvalue weighted by Crippen LogP contribution is 2.54. The Morgan fingerprint density at radius 3 is 2.56 bits per heavy atom. The van der Waals surface area contributed by atoms with Gasteiger partial charge in [-0.3, -0.25) is 4.79 Å². The van der Waals surface area contributed by atoms with Gasteiger partial charge in [0.15, 0.2) is 5.82 Å². The number of rotatable bonds is 13. The summed E-state index contributed by atoms with van der Waals surface area (Å²) >= 11 is 0. The van der Waals surface area contributed by atoms with Gasteiger partial charge in [0.25, 0.3) is 0 Å². The second-order valence-electron chi connectivity index (χ2n) is 13.1. The zero-order valence-electron chi connectivity index (χ0n) is 26.0. The van der Waals surface area contributed by atoms with Crippen molar-refractivity contribution in [2.24, 2.45) is 5.41 Å². The zero-order chi connectivity index (χ0) is 30.6. The highest BCUT2D eigenvalue weighted by Gasteiger charge is 2.47. The van der Waals surface area contributed by atoms with Crippen molar-refractivity contribution < 1.29 is 23.3 Å². The van der Waals surface area contributed by atoms with Crippen LogP contribution in [0.25, 0.3) is 5.52 Å². The molecular weight excluding hydrogens is 565 g/mol. The van der Waals surface area contributed by atoms with Crippen molar-refractivity contribution in [3.63, 3.8) is 0 Å². The number of carbonyl (C=O) groups excluding carboxylic acids is 1. The molecule has 3 atom stereocenters. The van der Waals surface area contributed by atoms with E-state index in [1.54, 1.807) is 18.5 Å². The standard InChI is InChI=1S/C32H46N5O5P/c1-22(30(38)41-27-18-32(19-27)16-6-7-17-32)36-43(42-25-12-8-23(9-13-25)31(2,3)4)40-20-26(39-5)14-10-24-11-15-28-29(33)34-21-35-37(24)28/h8-9,11-13,15,21-22,26-27,36H,6-7,10,14,16-20H2,1-5H3,(H2,33,34,35)/t22-,26?,43?/m0/s1. The third kappa shape index (κ3) is 7.85. The molecule has 2 fully saturated rings. The predicted octanol–water partition coefficient (Wildman–Crippen LogP) is 6.12. The monoisotopic (exact) mass is 611 g/mol. The fourth-order valence-electron chi connectivity index (χ4n) is 6.13. The maximum Gasteiger partial charge on any atom is 0.323 e. The van der Waals surface area contributed by atoms with Crippen LogP contribution >= 0.6 is 8.53 Å². The van der Waals surface area contributed by atoms with Crippen LogP contribution in [0.4, 0.5) is 5.82 Å². The van der Waals surface area contributed by atoms with Gasteiger partial charge in [0, 0.05) is 12.8 Å². The van der Waals surface area contributed by atoms with Crippen molar-refractivity contribution in [2.45, 2.75) is 103 Å². The summed E-state index contributed by atoms with van der Waals surface area (Å²) in [4.78, 5) is 17.1. The van der Waals surface area contributed by atoms with E-state index in [1.165, 1.54) is 37.6 Å². The molecule has 0 radical (unpaired) electrons. The molecule has 234 valence electrons. The lowest BCUT2D eigenvalue weighted by atomic mass is 9.65. The topological polar surface area (TPSA) is 122 Å². The number of nitrogens with zero attached hydrogens (tertiary/aromatic N) is 3. The van der Waals surface area contributed by atoms with Crippen LogP contribution in [0.3, 0.4) is 0 Å². The first-order valence-electron chi connectivity index (χ1n) is 15.3. The molecule has 5 rings (SSSR count). The van der Waals surface area contributed by atoms with Crippen LogP contribution < -0.4 is 15.3 Å². The molecule has 0 saturated heterocycles. The third-order valence-electron chi connectivity index (χ3n) is 8.82. The summed E-state index contributed by atoms with van der Waals surface area (Å²) in [6.45, 7) is 8.61. The molecule has 2 aliphatic rings. The number of nitrogen functional groups attached to an aromatic ring is 1. The highest BCUT2D eigenvalue weighted by molar-refractivity contribution is 7.45. The number of esters is 1. The number of ether oxygens (including phenoxy) is 2. The Balaban J connectivity index is 1.19. The predicted molar refractivity (Wildman–Crippen MR) is 168 cm³/mol. The van der Waals surface area contributed by atoms with Gasteiger partial charge in [0.2, 0.25) is 0 Å². The normalized spacial score (nSPS) is 18.8. The molecule has 2 heterocycles. The Kier molecular flexibility index (Phi) is 9.91. The number of aromatic nitrogens is 3. The van der Waals surface area contributed by atoms with Gasteiger partial charge in [0.05, 0.1) is 12.7 Å². The van der Waals surface area contributed by atoms with Crippen molar-refractivity contribution >= 4 is 25.8 Å². The molecule has 1 aromatic carbocycles. The molecule has 0 bridgehead atoms. The molecule has 11 heteroatoms. The maximum absolute atomic E-state index is 13.0. The second kappa shape index (κ2) is 13.5. The van der Waals surface area contributed by atoms with Crippen LogP contribution in [0.15, 0.2) is 42.7 Å². The van der Waals surface area contributed by atoms with Crippen molar-refractivity contribution in [3.05, 3.63) is 54.0 Å². The van der Waals surface area contributed by atoms with Gasteiger partial charge < -0.3 is 24.3 Å². The van der Waals surface area contributed by atoms with E-state index in [2.05, 4.69) is 48.1 Å². The van der Waals surface area contributed by atoms with E-state index in [4.69, 9.17) is 24.3 Å². The fraction of sp³-hybridized carbons (Fsp3) is 0.594. The number of hydrogen-bond donors (Lipinski definition) is 2. The average molecular weight is 612 g/mol. The number of aryl methyl sites for hydroxylation is 1. The first-order chi connectivity index (χ1) is 20.5. The molecule has 3 N–H and O–H groups in total. The molecule has 2 saturated carbocycles. The minimum atomic E-state index is -1.67. The number of nitrogens with two attached hydrogens (primary N) is 1. The zero-order valence-corrected chi connectivity index (χ0v) is 26.9. The van der Waals surface area contributed by atoms with Crippen LogP contribution in [0.2, 0.25) is 0 Å². The second-order valence-corrected chi connectivity index (χ2v) is 14.3. The van der Waals surface area contributed by atoms with E-state index in [0.717, 1.165) is 24.1 Å². The summed E-state index contributed by atoms with van der Waals surface area (Å²) in [6.07, 6.45) is 9.74. The number of benzene rings is 1. The Bertz CT molecular complexity index is 1360. The lowest BCUT2D eigenvalue weighted by Crippen LogP contribution is -2.44. The molecule has 43 heavy (non-hydrogen) atoms. The summed E-state index contributed by atoms with van der Waals surface area (Å²) in [5, 5.41) is 7.59. The van der Waals surface area contributed by atoms with E-state index in [-0.39, 0.29) is 30.2 Å². The van der Waals surface area contributed by atoms with E-state index >= 15 is 0 Å². The quantitative estimate of drug-likeness (QED) is 0.174. The Morgan fingerprint density at radius 2 is 1.88 bits per heavy atom. The Morgan fingerprint density at radius 1 is 1.16 bits per heavy atom. The Labute approximate surface area is 256 Å². The van der Waals surface area contributed by atoms with Crippen LogP contribution in [0, 0.1) is 5.41 Å². The van der Waals surface area contributed by atoms with Crippen LogP contribution in [0.1, 0.15) is 83.9 Å². The number of nitrogens with one attached hydrogen (secondary N) is 1. The number of anilines is 1. The van der Waals surface area contributed by atoms with Gasteiger partial charge in [-0.05, 0) is 86.1 Å². The minimum absolute atomic E-state index is 0.0106. The van der Waals surface area contributed by atoms with E-state index < -0.39 is 14.6 Å². The molecule has 1 spiro atoms. The molecule has 0 amide bonds. The molecule has 10 nitrogen and oxygen atoms in total. The molecule has 0 aliphatic heterocycles. The molecule has 2 aromatic heterocycles. The van der Waals surface area contributed by atoms with Gasteiger partial charge in [0.1, 0.15) is 29.7 Å². The largest absolute Gasteiger partial charge is 0.461 e. The van der Waals surface area contributed by atoms with Gasteiger partial charge in [-0.1, -0.05) is 45.7 Å². The summed E-state index contributed by atoms with van der Waals surface area (Å²) < 4.78 is 26.0. The minimum Gasteiger partial charge on any atom is -0.461 e. The van der Waals surface area contributed by atoms with Crippen molar-refractivity contribution in [1.29, 1.82) is 0 Å². The average Bonchev–Trinajstić information content (AvgIpc) is 3.61. The summed E-state index contributed by atoms with van der Waals surface area (Å²) in [5.41, 5.74) is 9.43. The molecule has 2 aliphatic carbocycles. The number of carbonyl (C=O) groups is 1. The SMILES string of the molecule is COC(CCc1ccc2c(N)ncnn12)COP(N[C@@H](C)C(=O)OC1CC2(CCCC2)C1)Oc1ccc(C(C)(C)C)cc1. The Hall–Kier alpha value is -2.78. The van der Waals surface area contributed by atoms with Gasteiger partial charge in [-0.25, -0.2) is 14.6 Å². The first-order valence-corrected chi connectivity index (χ1v) is 16.5. The van der Waals surface area contributed by atoms with Crippen LogP contribution in [0.5, 0.6) is 5.75 Å². The molecular formula is C32H46N5O5P. The van der Waals surface area contributed by atoms with Crippen LogP contribution in [-0.4, -0.2) is 52.5 Å². The van der Waals surface area contributed by atoms with E-state index in [9.17, 15) is 4.79 Å².